The lowest BCUT2D eigenvalue weighted by Crippen LogP contribution is -3.00. The van der Waals surface area contributed by atoms with Crippen molar-refractivity contribution in [3.05, 3.63) is 0 Å². The number of rotatable bonds is 0. The van der Waals surface area contributed by atoms with Gasteiger partial charge >= 0.3 is 6.03 Å². The zero-order chi connectivity index (χ0) is 7.99. The predicted octanol–water partition coefficient (Wildman–Crippen LogP) is -6.16. The van der Waals surface area contributed by atoms with Gasteiger partial charge in [0.15, 0.2) is 0 Å². The van der Waals surface area contributed by atoms with E-state index in [0.717, 1.165) is 0 Å². The summed E-state index contributed by atoms with van der Waals surface area (Å²) in [6.07, 6.45) is 0. The predicted molar refractivity (Wildman–Crippen MR) is 38.6 cm³/mol. The molecule has 2 amide bonds. The molecule has 1 saturated heterocycles. The highest BCUT2D eigenvalue weighted by molar-refractivity contribution is 5.67. The third kappa shape index (κ3) is 2.25. The SMILES string of the molecule is CC1(C)NC(=O)[NH2+]C1(C)C.[Cl-].[Cl-]. The molecule has 1 aliphatic rings. The molecule has 1 fully saturated rings. The summed E-state index contributed by atoms with van der Waals surface area (Å²) in [5, 5.41) is 4.63. The fourth-order valence-electron chi connectivity index (χ4n) is 1.01. The first kappa shape index (κ1) is 14.5. The molecule has 1 heterocycles. The van der Waals surface area contributed by atoms with Crippen molar-refractivity contribution in [2.45, 2.75) is 38.8 Å². The highest BCUT2D eigenvalue weighted by atomic mass is 35.5. The van der Waals surface area contributed by atoms with E-state index in [1.807, 2.05) is 13.8 Å². The third-order valence-corrected chi connectivity index (χ3v) is 2.54. The standard InChI is InChI=1S/C7H14N2O.2ClH/c1-6(2)7(3,4)9-5(10)8-6;;/h1-4H3,(H2,8,9,10);2*1H/p-1. The molecule has 3 N–H and O–H groups in total. The van der Waals surface area contributed by atoms with E-state index in [4.69, 9.17) is 0 Å². The van der Waals surface area contributed by atoms with Crippen LogP contribution in [0.3, 0.4) is 0 Å². The van der Waals surface area contributed by atoms with Gasteiger partial charge in [-0.05, 0) is 27.7 Å². The van der Waals surface area contributed by atoms with E-state index < -0.39 is 0 Å². The number of hydrogen-bond acceptors (Lipinski definition) is 1. The minimum Gasteiger partial charge on any atom is -1.00 e. The van der Waals surface area contributed by atoms with Gasteiger partial charge in [0.05, 0.1) is 5.54 Å². The fraction of sp³-hybridized carbons (Fsp3) is 0.857. The van der Waals surface area contributed by atoms with Gasteiger partial charge in [-0.3, -0.25) is 10.6 Å². The molecule has 0 aromatic carbocycles. The van der Waals surface area contributed by atoms with Gasteiger partial charge in [-0.25, -0.2) is 4.79 Å². The van der Waals surface area contributed by atoms with Crippen molar-refractivity contribution < 1.29 is 34.9 Å². The Morgan fingerprint density at radius 1 is 1.17 bits per heavy atom. The minimum atomic E-state index is -0.0932. The van der Waals surface area contributed by atoms with Crippen molar-refractivity contribution in [1.82, 2.24) is 5.32 Å². The molecule has 0 atom stereocenters. The third-order valence-electron chi connectivity index (χ3n) is 2.54. The summed E-state index contributed by atoms with van der Waals surface area (Å²) in [5.41, 5.74) is -0.117. The van der Waals surface area contributed by atoms with Crippen LogP contribution in [0, 0.1) is 0 Å². The Labute approximate surface area is 85.5 Å². The van der Waals surface area contributed by atoms with Crippen molar-refractivity contribution in [1.29, 1.82) is 0 Å². The van der Waals surface area contributed by atoms with Gasteiger partial charge in [0, 0.05) is 0 Å². The quantitative estimate of drug-likeness (QED) is 0.414. The van der Waals surface area contributed by atoms with Crippen LogP contribution < -0.4 is 35.4 Å². The van der Waals surface area contributed by atoms with Crippen LogP contribution in [0.5, 0.6) is 0 Å². The lowest BCUT2D eigenvalue weighted by molar-refractivity contribution is -0.621. The normalized spacial score (nSPS) is 23.5. The number of carbonyl (C=O) groups is 1. The lowest BCUT2D eigenvalue weighted by atomic mass is 9.85. The van der Waals surface area contributed by atoms with Crippen LogP contribution in [-0.4, -0.2) is 17.1 Å². The van der Waals surface area contributed by atoms with Crippen LogP contribution >= 0.6 is 0 Å². The van der Waals surface area contributed by atoms with Crippen LogP contribution in [-0.2, 0) is 0 Å². The number of quaternary nitrogens is 1. The Bertz CT molecular complexity index is 162. The average molecular weight is 214 g/mol. The first-order valence-electron chi connectivity index (χ1n) is 3.53. The average Bonchev–Trinajstić information content (AvgIpc) is 1.73. The Morgan fingerprint density at radius 2 is 1.58 bits per heavy atom. The second-order valence-electron chi connectivity index (χ2n) is 3.98. The first-order valence-corrected chi connectivity index (χ1v) is 3.53. The maximum Gasteiger partial charge on any atom is 0.414 e. The Morgan fingerprint density at radius 3 is 1.67 bits per heavy atom. The van der Waals surface area contributed by atoms with Crippen molar-refractivity contribution in [2.75, 3.05) is 0 Å². The molecule has 0 saturated carbocycles. The van der Waals surface area contributed by atoms with Crippen LogP contribution in [0.1, 0.15) is 27.7 Å². The summed E-state index contributed by atoms with van der Waals surface area (Å²) < 4.78 is 0. The van der Waals surface area contributed by atoms with Gasteiger partial charge < -0.3 is 24.8 Å². The van der Waals surface area contributed by atoms with E-state index >= 15 is 0 Å². The van der Waals surface area contributed by atoms with E-state index in [-0.39, 0.29) is 41.9 Å². The van der Waals surface area contributed by atoms with Crippen molar-refractivity contribution in [2.24, 2.45) is 0 Å². The number of halogens is 2. The van der Waals surface area contributed by atoms with Crippen molar-refractivity contribution in [3.63, 3.8) is 0 Å². The maximum absolute atomic E-state index is 10.9. The number of urea groups is 1. The summed E-state index contributed by atoms with van der Waals surface area (Å²) >= 11 is 0. The summed E-state index contributed by atoms with van der Waals surface area (Å²) in [6.45, 7) is 8.19. The second-order valence-corrected chi connectivity index (χ2v) is 3.98. The zero-order valence-corrected chi connectivity index (χ0v) is 9.25. The van der Waals surface area contributed by atoms with Gasteiger partial charge in [0.25, 0.3) is 0 Å². The van der Waals surface area contributed by atoms with Crippen LogP contribution in [0.4, 0.5) is 4.79 Å². The van der Waals surface area contributed by atoms with Crippen LogP contribution in [0.2, 0.25) is 0 Å². The number of nitrogens with two attached hydrogens (primary N) is 1. The highest BCUT2D eigenvalue weighted by Crippen LogP contribution is 2.19. The monoisotopic (exact) mass is 213 g/mol. The second kappa shape index (κ2) is 3.81. The molecule has 74 valence electrons. The lowest BCUT2D eigenvalue weighted by Gasteiger charge is -2.28. The van der Waals surface area contributed by atoms with Crippen LogP contribution in [0.15, 0.2) is 0 Å². The maximum atomic E-state index is 10.9. The molecule has 0 unspecified atom stereocenters. The molecule has 12 heavy (non-hydrogen) atoms. The molecule has 0 aliphatic carbocycles. The van der Waals surface area contributed by atoms with Crippen molar-refractivity contribution >= 4 is 6.03 Å². The molecular weight excluding hydrogens is 199 g/mol. The van der Waals surface area contributed by atoms with Gasteiger partial charge in [-0.2, -0.15) is 0 Å². The largest absolute Gasteiger partial charge is 1.00 e. The Kier molecular flexibility index (Phi) is 4.62. The first-order chi connectivity index (χ1) is 4.35. The number of hydrogen-bond donors (Lipinski definition) is 2. The molecule has 5 heteroatoms. The van der Waals surface area contributed by atoms with E-state index in [0.29, 0.717) is 0 Å². The molecule has 0 radical (unpaired) electrons. The molecule has 1 rings (SSSR count). The molecule has 1 aliphatic heterocycles. The molecule has 0 bridgehead atoms. The number of amides is 2. The Hall–Kier alpha value is 0.01000. The molecule has 0 aromatic rings. The van der Waals surface area contributed by atoms with Crippen molar-refractivity contribution in [3.8, 4) is 0 Å². The summed E-state index contributed by atoms with van der Waals surface area (Å²) in [7, 11) is 0. The molecule has 3 nitrogen and oxygen atoms in total. The minimum absolute atomic E-state index is 0. The van der Waals surface area contributed by atoms with E-state index in [1.165, 1.54) is 0 Å². The van der Waals surface area contributed by atoms with Gasteiger partial charge in [0.2, 0.25) is 0 Å². The smallest absolute Gasteiger partial charge is 0.414 e. The molecule has 0 spiro atoms. The molecule has 0 aromatic heterocycles. The van der Waals surface area contributed by atoms with Gasteiger partial charge in [0.1, 0.15) is 5.54 Å². The number of carbonyl (C=O) groups excluding carboxylic acids is 1. The summed E-state index contributed by atoms with van der Waals surface area (Å²) in [4.78, 5) is 10.9. The van der Waals surface area contributed by atoms with E-state index in [2.05, 4.69) is 19.2 Å². The topological polar surface area (TPSA) is 45.7 Å². The Balaban J connectivity index is 0. The summed E-state index contributed by atoms with van der Waals surface area (Å²) in [5.74, 6) is 0. The zero-order valence-electron chi connectivity index (χ0n) is 7.74. The van der Waals surface area contributed by atoms with Crippen LogP contribution in [0.25, 0.3) is 0 Å². The van der Waals surface area contributed by atoms with E-state index in [9.17, 15) is 4.79 Å². The van der Waals surface area contributed by atoms with Gasteiger partial charge in [-0.1, -0.05) is 0 Å². The highest BCUT2D eigenvalue weighted by Gasteiger charge is 2.49. The number of primary amides is 1. The fourth-order valence-corrected chi connectivity index (χ4v) is 1.01. The molecular formula is C7H15Cl2N2O-. The van der Waals surface area contributed by atoms with E-state index in [1.54, 1.807) is 5.32 Å². The summed E-state index contributed by atoms with van der Waals surface area (Å²) in [6, 6.07) is 0.0509. The van der Waals surface area contributed by atoms with Gasteiger partial charge in [-0.15, -0.1) is 0 Å². The number of nitrogens with one attached hydrogen (secondary N) is 1.